The molecule has 0 aliphatic heterocycles. The van der Waals surface area contributed by atoms with Gasteiger partial charge in [-0.25, -0.2) is 18.9 Å². The summed E-state index contributed by atoms with van der Waals surface area (Å²) in [4.78, 5) is 30.9. The van der Waals surface area contributed by atoms with Gasteiger partial charge in [-0.2, -0.15) is 5.10 Å². The molecule has 150 valence electrons. The van der Waals surface area contributed by atoms with E-state index in [4.69, 9.17) is 4.74 Å². The number of aromatic nitrogens is 4. The maximum Gasteiger partial charge on any atom is 0.338 e. The summed E-state index contributed by atoms with van der Waals surface area (Å²) in [6.45, 7) is 0.0379. The van der Waals surface area contributed by atoms with Crippen molar-refractivity contribution in [3.63, 3.8) is 0 Å². The number of rotatable bonds is 4. The maximum atomic E-state index is 13.3. The summed E-state index contributed by atoms with van der Waals surface area (Å²) in [5.41, 5.74) is 4.11. The molecule has 5 rings (SSSR count). The van der Waals surface area contributed by atoms with E-state index in [-0.39, 0.29) is 18.0 Å². The van der Waals surface area contributed by atoms with Gasteiger partial charge in [0.05, 0.1) is 28.5 Å². The molecule has 8 heteroatoms. The van der Waals surface area contributed by atoms with E-state index in [1.807, 2.05) is 0 Å². The van der Waals surface area contributed by atoms with E-state index >= 15 is 0 Å². The lowest BCUT2D eigenvalue weighted by atomic mass is 10.1. The Balaban J connectivity index is 1.39. The second-order valence-corrected chi connectivity index (χ2v) is 7.15. The number of ether oxygens (including phenoxy) is 1. The van der Waals surface area contributed by atoms with Crippen molar-refractivity contribution in [2.75, 3.05) is 0 Å². The standard InChI is InChI=1S/C22H17FN4O3/c23-14-5-7-15(8-6-14)27-20-3-1-2-16(20)19(26-27)11-30-22(29)13-4-9-17-18(10-13)24-12-25-21(17)28/h4-10,12H,1-3,11H2,(H,24,25,28). The molecular formula is C22H17FN4O3. The first-order chi connectivity index (χ1) is 14.6. The van der Waals surface area contributed by atoms with Gasteiger partial charge < -0.3 is 9.72 Å². The van der Waals surface area contributed by atoms with Crippen LogP contribution in [-0.4, -0.2) is 25.7 Å². The van der Waals surface area contributed by atoms with Gasteiger partial charge >= 0.3 is 5.97 Å². The van der Waals surface area contributed by atoms with Gasteiger partial charge in [-0.05, 0) is 61.7 Å². The minimum absolute atomic E-state index is 0.0379. The largest absolute Gasteiger partial charge is 0.455 e. The van der Waals surface area contributed by atoms with Gasteiger partial charge in [0.25, 0.3) is 5.56 Å². The lowest BCUT2D eigenvalue weighted by Crippen LogP contribution is -2.10. The van der Waals surface area contributed by atoms with Gasteiger partial charge in [0.2, 0.25) is 0 Å². The van der Waals surface area contributed by atoms with Crippen LogP contribution in [0, 0.1) is 5.82 Å². The number of nitrogens with zero attached hydrogens (tertiary/aromatic N) is 3. The van der Waals surface area contributed by atoms with Crippen molar-refractivity contribution in [1.29, 1.82) is 0 Å². The number of hydrogen-bond acceptors (Lipinski definition) is 5. The summed E-state index contributed by atoms with van der Waals surface area (Å²) in [5, 5.41) is 5.03. The van der Waals surface area contributed by atoms with Crippen molar-refractivity contribution in [3.8, 4) is 5.69 Å². The molecule has 2 aromatic heterocycles. The van der Waals surface area contributed by atoms with Gasteiger partial charge in [0.1, 0.15) is 18.1 Å². The van der Waals surface area contributed by atoms with Gasteiger partial charge in [0, 0.05) is 11.3 Å². The van der Waals surface area contributed by atoms with E-state index in [9.17, 15) is 14.0 Å². The number of carbonyl (C=O) groups excluding carboxylic acids is 1. The molecular weight excluding hydrogens is 387 g/mol. The third kappa shape index (κ3) is 3.16. The lowest BCUT2D eigenvalue weighted by Gasteiger charge is -2.06. The Morgan fingerprint density at radius 1 is 1.17 bits per heavy atom. The zero-order valence-electron chi connectivity index (χ0n) is 15.9. The van der Waals surface area contributed by atoms with Gasteiger partial charge in [-0.1, -0.05) is 0 Å². The fourth-order valence-corrected chi connectivity index (χ4v) is 3.84. The number of H-pyrrole nitrogens is 1. The van der Waals surface area contributed by atoms with Crippen LogP contribution in [0.15, 0.2) is 53.6 Å². The van der Waals surface area contributed by atoms with Crippen molar-refractivity contribution in [2.45, 2.75) is 25.9 Å². The van der Waals surface area contributed by atoms with Crippen molar-refractivity contribution < 1.29 is 13.9 Å². The molecule has 0 radical (unpaired) electrons. The highest BCUT2D eigenvalue weighted by Gasteiger charge is 2.24. The maximum absolute atomic E-state index is 13.3. The smallest absolute Gasteiger partial charge is 0.338 e. The highest BCUT2D eigenvalue weighted by Crippen LogP contribution is 2.28. The molecule has 2 aromatic carbocycles. The highest BCUT2D eigenvalue weighted by atomic mass is 19.1. The molecule has 0 fully saturated rings. The Kier molecular flexibility index (Phi) is 4.39. The van der Waals surface area contributed by atoms with Crippen LogP contribution in [0.5, 0.6) is 0 Å². The molecule has 4 aromatic rings. The van der Waals surface area contributed by atoms with Crippen molar-refractivity contribution in [3.05, 3.63) is 87.5 Å². The molecule has 1 N–H and O–H groups in total. The van der Waals surface area contributed by atoms with Crippen LogP contribution in [-0.2, 0) is 24.2 Å². The molecule has 0 saturated carbocycles. The Morgan fingerprint density at radius 3 is 2.83 bits per heavy atom. The number of aromatic amines is 1. The molecule has 0 unspecified atom stereocenters. The zero-order chi connectivity index (χ0) is 20.7. The normalized spacial score (nSPS) is 12.8. The minimum Gasteiger partial charge on any atom is -0.455 e. The van der Waals surface area contributed by atoms with E-state index in [0.717, 1.165) is 36.2 Å². The summed E-state index contributed by atoms with van der Waals surface area (Å²) >= 11 is 0. The second kappa shape index (κ2) is 7.22. The van der Waals surface area contributed by atoms with E-state index in [1.54, 1.807) is 28.9 Å². The predicted octanol–water partition coefficient (Wildman–Crippen LogP) is 3.09. The topological polar surface area (TPSA) is 89.9 Å². The first-order valence-corrected chi connectivity index (χ1v) is 9.60. The van der Waals surface area contributed by atoms with Gasteiger partial charge in [0.15, 0.2) is 0 Å². The Labute approximate surface area is 170 Å². The number of esters is 1. The fourth-order valence-electron chi connectivity index (χ4n) is 3.84. The summed E-state index contributed by atoms with van der Waals surface area (Å²) in [5.74, 6) is -0.814. The molecule has 1 aliphatic rings. The molecule has 0 amide bonds. The average Bonchev–Trinajstić information content (AvgIpc) is 3.36. The minimum atomic E-state index is -0.512. The van der Waals surface area contributed by atoms with Crippen LogP contribution < -0.4 is 5.56 Å². The SMILES string of the molecule is O=C(OCc1nn(-c2ccc(F)cc2)c2c1CCC2)c1ccc2c(=O)[nH]cnc2c1. The second-order valence-electron chi connectivity index (χ2n) is 7.15. The van der Waals surface area contributed by atoms with Gasteiger partial charge in [-0.15, -0.1) is 0 Å². The Morgan fingerprint density at radius 2 is 2.00 bits per heavy atom. The lowest BCUT2D eigenvalue weighted by molar-refractivity contribution is 0.0466. The van der Waals surface area contributed by atoms with E-state index in [1.165, 1.54) is 24.5 Å². The first-order valence-electron chi connectivity index (χ1n) is 9.60. The summed E-state index contributed by atoms with van der Waals surface area (Å²) < 4.78 is 20.6. The van der Waals surface area contributed by atoms with Gasteiger partial charge in [-0.3, -0.25) is 4.79 Å². The van der Waals surface area contributed by atoms with Crippen LogP contribution in [0.25, 0.3) is 16.6 Å². The quantitative estimate of drug-likeness (QED) is 0.528. The number of fused-ring (bicyclic) bond motifs is 2. The summed E-state index contributed by atoms with van der Waals surface area (Å²) in [6, 6.07) is 10.8. The van der Waals surface area contributed by atoms with Crippen LogP contribution >= 0.6 is 0 Å². The molecule has 1 aliphatic carbocycles. The number of benzene rings is 2. The predicted molar refractivity (Wildman–Crippen MR) is 107 cm³/mol. The number of nitrogens with one attached hydrogen (secondary N) is 1. The molecule has 0 bridgehead atoms. The third-order valence-electron chi connectivity index (χ3n) is 5.30. The molecule has 30 heavy (non-hydrogen) atoms. The van der Waals surface area contributed by atoms with Crippen LogP contribution in [0.2, 0.25) is 0 Å². The Bertz CT molecular complexity index is 1320. The van der Waals surface area contributed by atoms with E-state index in [2.05, 4.69) is 15.1 Å². The third-order valence-corrected chi connectivity index (χ3v) is 5.30. The fraction of sp³-hybridized carbons (Fsp3) is 0.182. The van der Waals surface area contributed by atoms with E-state index in [0.29, 0.717) is 22.2 Å². The van der Waals surface area contributed by atoms with Crippen molar-refractivity contribution >= 4 is 16.9 Å². The van der Waals surface area contributed by atoms with E-state index < -0.39 is 5.97 Å². The molecule has 7 nitrogen and oxygen atoms in total. The average molecular weight is 404 g/mol. The number of hydrogen-bond donors (Lipinski definition) is 1. The highest BCUT2D eigenvalue weighted by molar-refractivity contribution is 5.94. The monoisotopic (exact) mass is 404 g/mol. The summed E-state index contributed by atoms with van der Waals surface area (Å²) in [6.07, 6.45) is 4.04. The first kappa shape index (κ1) is 18.2. The summed E-state index contributed by atoms with van der Waals surface area (Å²) in [7, 11) is 0. The molecule has 0 spiro atoms. The molecule has 0 atom stereocenters. The van der Waals surface area contributed by atoms with Crippen LogP contribution in [0.4, 0.5) is 4.39 Å². The molecule has 2 heterocycles. The van der Waals surface area contributed by atoms with Crippen molar-refractivity contribution in [1.82, 2.24) is 19.7 Å². The van der Waals surface area contributed by atoms with Crippen LogP contribution in [0.3, 0.4) is 0 Å². The number of carbonyl (C=O) groups is 1. The zero-order valence-corrected chi connectivity index (χ0v) is 15.9. The van der Waals surface area contributed by atoms with Crippen molar-refractivity contribution in [2.24, 2.45) is 0 Å². The van der Waals surface area contributed by atoms with Crippen LogP contribution in [0.1, 0.15) is 33.7 Å². The molecule has 0 saturated heterocycles. The number of halogens is 1. The Hall–Kier alpha value is -3.81.